The lowest BCUT2D eigenvalue weighted by Crippen LogP contribution is -2.44. The molecule has 0 spiro atoms. The number of ether oxygens (including phenoxy) is 1. The number of benzene rings is 1. The molecule has 0 radical (unpaired) electrons. The number of amides is 1. The number of aliphatic hydroxyl groups excluding tert-OH is 2. The third-order valence-corrected chi connectivity index (χ3v) is 3.79. The summed E-state index contributed by atoms with van der Waals surface area (Å²) in [6.45, 7) is 1.43. The van der Waals surface area contributed by atoms with Crippen LogP contribution < -0.4 is 5.32 Å². The molecular weight excluding hydrogens is 447 g/mol. The van der Waals surface area contributed by atoms with Gasteiger partial charge in [-0.1, -0.05) is 23.2 Å². The Morgan fingerprint density at radius 3 is 2.17 bits per heavy atom. The summed E-state index contributed by atoms with van der Waals surface area (Å²) in [4.78, 5) is 40.3. The molecule has 4 N–H and O–H groups in total. The van der Waals surface area contributed by atoms with E-state index in [1.165, 1.54) is 24.3 Å². The number of carboxylic acid groups (broad SMARTS) is 1. The SMILES string of the molecule is CCOC(=O)CCC(=O)O.O=C(N[C@H](CO)[C@H](O)c1ccc([N+](=O)[O-])cc1)C(Cl)Cl. The summed E-state index contributed by atoms with van der Waals surface area (Å²) in [5.74, 6) is -2.19. The highest BCUT2D eigenvalue weighted by Crippen LogP contribution is 2.20. The van der Waals surface area contributed by atoms with Crippen LogP contribution in [0.1, 0.15) is 31.4 Å². The summed E-state index contributed by atoms with van der Waals surface area (Å²) in [6, 6.07) is 4.05. The second-order valence-corrected chi connectivity index (χ2v) is 6.69. The Kier molecular flexibility index (Phi) is 13.3. The van der Waals surface area contributed by atoms with Gasteiger partial charge in [0.05, 0.1) is 37.0 Å². The lowest BCUT2D eigenvalue weighted by Gasteiger charge is -2.22. The van der Waals surface area contributed by atoms with Gasteiger partial charge in [-0.25, -0.2) is 0 Å². The first-order chi connectivity index (χ1) is 14.0. The molecule has 0 unspecified atom stereocenters. The van der Waals surface area contributed by atoms with E-state index in [4.69, 9.17) is 33.4 Å². The van der Waals surface area contributed by atoms with Crippen molar-refractivity contribution in [1.82, 2.24) is 5.32 Å². The van der Waals surface area contributed by atoms with E-state index in [1.54, 1.807) is 6.92 Å². The Balaban J connectivity index is 0.000000710. The number of non-ortho nitro benzene ring substituents is 1. The van der Waals surface area contributed by atoms with Crippen molar-refractivity contribution in [3.63, 3.8) is 0 Å². The Morgan fingerprint density at radius 1 is 1.20 bits per heavy atom. The van der Waals surface area contributed by atoms with Crippen LogP contribution in [-0.4, -0.2) is 62.2 Å². The number of aliphatic carboxylic acids is 1. The van der Waals surface area contributed by atoms with Crippen LogP contribution in [0.4, 0.5) is 5.69 Å². The van der Waals surface area contributed by atoms with Gasteiger partial charge in [0.1, 0.15) is 6.10 Å². The van der Waals surface area contributed by atoms with Crippen LogP contribution in [0.5, 0.6) is 0 Å². The quantitative estimate of drug-likeness (QED) is 0.170. The minimum Gasteiger partial charge on any atom is -0.481 e. The fourth-order valence-electron chi connectivity index (χ4n) is 1.94. The van der Waals surface area contributed by atoms with E-state index < -0.39 is 46.4 Å². The summed E-state index contributed by atoms with van der Waals surface area (Å²) in [5, 5.41) is 40.1. The number of nitrogens with one attached hydrogen (secondary N) is 1. The Labute approximate surface area is 181 Å². The average Bonchev–Trinajstić information content (AvgIpc) is 2.70. The molecule has 0 aliphatic carbocycles. The first-order valence-corrected chi connectivity index (χ1v) is 9.39. The number of alkyl halides is 2. The number of esters is 1. The maximum atomic E-state index is 11.3. The van der Waals surface area contributed by atoms with E-state index in [0.717, 1.165) is 0 Å². The number of carbonyl (C=O) groups excluding carboxylic acids is 2. The average molecular weight is 469 g/mol. The fourth-order valence-corrected chi connectivity index (χ4v) is 2.06. The number of nitro benzene ring substituents is 1. The molecule has 1 aromatic carbocycles. The van der Waals surface area contributed by atoms with Crippen LogP contribution in [0.15, 0.2) is 24.3 Å². The van der Waals surface area contributed by atoms with E-state index in [2.05, 4.69) is 10.1 Å². The van der Waals surface area contributed by atoms with Gasteiger partial charge in [-0.2, -0.15) is 0 Å². The maximum absolute atomic E-state index is 11.3. The number of hydrogen-bond acceptors (Lipinski definition) is 8. The van der Waals surface area contributed by atoms with E-state index in [9.17, 15) is 29.6 Å². The second kappa shape index (κ2) is 14.5. The molecule has 13 heteroatoms. The lowest BCUT2D eigenvalue weighted by molar-refractivity contribution is -0.384. The molecule has 0 aromatic heterocycles. The molecule has 0 fully saturated rings. The van der Waals surface area contributed by atoms with Crippen LogP contribution in [0.3, 0.4) is 0 Å². The molecule has 2 atom stereocenters. The lowest BCUT2D eigenvalue weighted by atomic mass is 10.0. The normalized spacial score (nSPS) is 12.2. The van der Waals surface area contributed by atoms with E-state index in [-0.39, 0.29) is 18.5 Å². The van der Waals surface area contributed by atoms with Gasteiger partial charge in [-0.3, -0.25) is 24.5 Å². The number of hydrogen-bond donors (Lipinski definition) is 4. The summed E-state index contributed by atoms with van der Waals surface area (Å²) in [7, 11) is 0. The van der Waals surface area contributed by atoms with Crippen molar-refractivity contribution < 1.29 is 39.4 Å². The largest absolute Gasteiger partial charge is 0.481 e. The molecule has 0 saturated carbocycles. The van der Waals surface area contributed by atoms with Crippen LogP contribution >= 0.6 is 23.2 Å². The highest BCUT2D eigenvalue weighted by molar-refractivity contribution is 6.53. The van der Waals surface area contributed by atoms with Crippen molar-refractivity contribution in [2.75, 3.05) is 13.2 Å². The second-order valence-electron chi connectivity index (χ2n) is 5.59. The predicted octanol–water partition coefficient (Wildman–Crippen LogP) is 1.32. The number of carbonyl (C=O) groups is 3. The van der Waals surface area contributed by atoms with E-state index >= 15 is 0 Å². The van der Waals surface area contributed by atoms with Crippen LogP contribution in [-0.2, 0) is 19.1 Å². The van der Waals surface area contributed by atoms with Gasteiger partial charge >= 0.3 is 11.9 Å². The topological polar surface area (TPSA) is 176 Å². The first-order valence-electron chi connectivity index (χ1n) is 8.52. The number of carboxylic acids is 1. The zero-order valence-electron chi connectivity index (χ0n) is 15.9. The van der Waals surface area contributed by atoms with Crippen molar-refractivity contribution >= 4 is 46.7 Å². The first kappa shape index (κ1) is 27.5. The monoisotopic (exact) mass is 468 g/mol. The van der Waals surface area contributed by atoms with Gasteiger partial charge < -0.3 is 25.4 Å². The number of nitrogens with zero attached hydrogens (tertiary/aromatic N) is 1. The fraction of sp³-hybridized carbons (Fsp3) is 0.471. The highest BCUT2D eigenvalue weighted by atomic mass is 35.5. The van der Waals surface area contributed by atoms with E-state index in [0.29, 0.717) is 12.2 Å². The van der Waals surface area contributed by atoms with Crippen molar-refractivity contribution in [2.24, 2.45) is 0 Å². The molecule has 168 valence electrons. The summed E-state index contributed by atoms with van der Waals surface area (Å²) < 4.78 is 4.49. The van der Waals surface area contributed by atoms with Gasteiger partial charge in [-0.15, -0.1) is 0 Å². The zero-order valence-corrected chi connectivity index (χ0v) is 17.4. The predicted molar refractivity (Wildman–Crippen MR) is 106 cm³/mol. The molecular formula is C17H22Cl2N2O9. The Bertz CT molecular complexity index is 714. The molecule has 1 rings (SSSR count). The van der Waals surface area contributed by atoms with Crippen molar-refractivity contribution in [3.05, 3.63) is 39.9 Å². The molecule has 0 aliphatic heterocycles. The molecule has 0 heterocycles. The van der Waals surface area contributed by atoms with Crippen molar-refractivity contribution in [2.45, 2.75) is 36.7 Å². The minimum absolute atomic E-state index is 0.0385. The van der Waals surface area contributed by atoms with Crippen LogP contribution in [0.2, 0.25) is 0 Å². The van der Waals surface area contributed by atoms with Gasteiger partial charge in [0.15, 0.2) is 4.84 Å². The molecule has 1 amide bonds. The summed E-state index contributed by atoms with van der Waals surface area (Å²) in [5.41, 5.74) is 0.169. The third-order valence-electron chi connectivity index (χ3n) is 3.40. The standard InChI is InChI=1S/C11H12Cl2N2O5.C6H10O4/c12-10(13)11(18)14-8(5-16)9(17)6-1-3-7(4-2-6)15(19)20;1-2-10-6(9)4-3-5(7)8/h1-4,8-10,16-17H,5H2,(H,14,18);2-4H2,1H3,(H,7,8)/t8-,9-;/m1./s1. The maximum Gasteiger partial charge on any atom is 0.306 e. The number of nitro groups is 1. The number of rotatable bonds is 10. The molecule has 1 aromatic rings. The summed E-state index contributed by atoms with van der Waals surface area (Å²) >= 11 is 10.7. The molecule has 11 nitrogen and oxygen atoms in total. The molecule has 30 heavy (non-hydrogen) atoms. The van der Waals surface area contributed by atoms with Crippen molar-refractivity contribution in [3.8, 4) is 0 Å². The van der Waals surface area contributed by atoms with Gasteiger partial charge in [-0.05, 0) is 24.6 Å². The van der Waals surface area contributed by atoms with Crippen LogP contribution in [0.25, 0.3) is 0 Å². The smallest absolute Gasteiger partial charge is 0.306 e. The minimum atomic E-state index is -1.33. The number of halogens is 2. The third kappa shape index (κ3) is 10.9. The van der Waals surface area contributed by atoms with E-state index in [1.807, 2.05) is 0 Å². The van der Waals surface area contributed by atoms with Gasteiger partial charge in [0.2, 0.25) is 0 Å². The number of aliphatic hydroxyl groups is 2. The Morgan fingerprint density at radius 2 is 1.77 bits per heavy atom. The highest BCUT2D eigenvalue weighted by Gasteiger charge is 2.24. The molecule has 0 aliphatic rings. The van der Waals surface area contributed by atoms with Crippen LogP contribution in [0, 0.1) is 10.1 Å². The van der Waals surface area contributed by atoms with Crippen molar-refractivity contribution in [1.29, 1.82) is 0 Å². The molecule has 0 bridgehead atoms. The Hall–Kier alpha value is -2.47. The molecule has 0 saturated heterocycles. The zero-order chi connectivity index (χ0) is 23.3. The van der Waals surface area contributed by atoms with Gasteiger partial charge in [0, 0.05) is 12.1 Å². The van der Waals surface area contributed by atoms with Gasteiger partial charge in [0.25, 0.3) is 11.6 Å². The summed E-state index contributed by atoms with van der Waals surface area (Å²) in [6.07, 6.45) is -1.45.